The average molecular weight is 652 g/mol. The molecule has 5 heterocycles. The summed E-state index contributed by atoms with van der Waals surface area (Å²) in [5, 5.41) is 7.68. The maximum absolute atomic E-state index is 12.9. The second-order valence-corrected chi connectivity index (χ2v) is 15.1. The number of aromatic amines is 2. The van der Waals surface area contributed by atoms with Gasteiger partial charge in [-0.15, -0.1) is 11.3 Å². The van der Waals surface area contributed by atoms with E-state index in [2.05, 4.69) is 50.9 Å². The Balaban J connectivity index is 1.05. The summed E-state index contributed by atoms with van der Waals surface area (Å²) in [6.45, 7) is 7.30. The quantitative estimate of drug-likeness (QED) is 0.153. The number of ether oxygens (including phenoxy) is 2. The van der Waals surface area contributed by atoms with Gasteiger partial charge in [-0.05, 0) is 88.9 Å². The fourth-order valence-corrected chi connectivity index (χ4v) is 8.06. The van der Waals surface area contributed by atoms with Crippen molar-refractivity contribution in [1.29, 1.82) is 0 Å². The first-order chi connectivity index (χ1) is 22.7. The Hall–Kier alpha value is -4.22. The third-order valence-electron chi connectivity index (χ3n) is 9.45. The molecule has 3 aromatic heterocycles. The van der Waals surface area contributed by atoms with E-state index in [1.54, 1.807) is 11.3 Å². The molecule has 2 fully saturated rings. The summed E-state index contributed by atoms with van der Waals surface area (Å²) in [6, 6.07) is 12.9. The van der Waals surface area contributed by atoms with Gasteiger partial charge in [0.2, 0.25) is 0 Å². The smallest absolute Gasteiger partial charge is 0.408 e. The summed E-state index contributed by atoms with van der Waals surface area (Å²) in [4.78, 5) is 35.9. The Bertz CT molecular complexity index is 1940. The predicted octanol–water partition coefficient (Wildman–Crippen LogP) is 7.79. The van der Waals surface area contributed by atoms with Gasteiger partial charge < -0.3 is 30.1 Å². The summed E-state index contributed by atoms with van der Waals surface area (Å²) in [7, 11) is 0. The van der Waals surface area contributed by atoms with Gasteiger partial charge >= 0.3 is 6.09 Å². The molecule has 2 aromatic carbocycles. The molecule has 1 atom stereocenters. The number of benzene rings is 2. The van der Waals surface area contributed by atoms with Crippen molar-refractivity contribution in [3.63, 3.8) is 0 Å². The third kappa shape index (κ3) is 5.91. The fourth-order valence-electron chi connectivity index (χ4n) is 7.16. The van der Waals surface area contributed by atoms with E-state index in [0.717, 1.165) is 118 Å². The van der Waals surface area contributed by atoms with E-state index in [4.69, 9.17) is 24.4 Å². The van der Waals surface area contributed by atoms with Gasteiger partial charge in [0.15, 0.2) is 0 Å². The minimum atomic E-state index is -0.576. The molecule has 0 spiro atoms. The Kier molecular flexibility index (Phi) is 7.56. The molecule has 1 saturated heterocycles. The lowest BCUT2D eigenvalue weighted by Crippen LogP contribution is -2.49. The second-order valence-electron chi connectivity index (χ2n) is 14.0. The molecule has 0 radical (unpaired) electrons. The number of fused-ring (bicyclic) bond motifs is 4. The average Bonchev–Trinajstić information content (AvgIpc) is 3.86. The molecule has 8 rings (SSSR count). The first kappa shape index (κ1) is 30.1. The number of nitrogens with zero attached hydrogens (tertiary/aromatic N) is 3. The lowest BCUT2D eigenvalue weighted by molar-refractivity contribution is 0.0412. The number of hydrogen-bond acceptors (Lipinski definition) is 8. The number of aromatic nitrogens is 5. The van der Waals surface area contributed by atoms with Gasteiger partial charge in [-0.25, -0.2) is 19.7 Å². The molecular formula is C36H41N7O3S. The van der Waals surface area contributed by atoms with Crippen LogP contribution < -0.4 is 15.4 Å². The van der Waals surface area contributed by atoms with Crippen LogP contribution in [0.1, 0.15) is 89.1 Å². The summed E-state index contributed by atoms with van der Waals surface area (Å²) in [6.07, 6.45) is 9.46. The summed E-state index contributed by atoms with van der Waals surface area (Å²) in [5.74, 6) is 2.68. The first-order valence-corrected chi connectivity index (χ1v) is 17.6. The monoisotopic (exact) mass is 651 g/mol. The van der Waals surface area contributed by atoms with E-state index in [1.807, 2.05) is 33.0 Å². The van der Waals surface area contributed by atoms with Crippen LogP contribution in [0.5, 0.6) is 5.75 Å². The van der Waals surface area contributed by atoms with Crippen LogP contribution in [-0.4, -0.2) is 49.8 Å². The second kappa shape index (κ2) is 11.8. The molecular weight excluding hydrogens is 611 g/mol. The molecule has 5 aromatic rings. The molecule has 3 aliphatic rings. The number of imidazole rings is 2. The molecule has 0 unspecified atom stereocenters. The normalized spacial score (nSPS) is 19.1. The zero-order valence-electron chi connectivity index (χ0n) is 27.2. The van der Waals surface area contributed by atoms with Crippen molar-refractivity contribution in [3.8, 4) is 38.0 Å². The van der Waals surface area contributed by atoms with Crippen LogP contribution in [0.2, 0.25) is 0 Å². The maximum atomic E-state index is 12.9. The number of amides is 1. The van der Waals surface area contributed by atoms with Crippen molar-refractivity contribution in [2.75, 3.05) is 13.2 Å². The Morgan fingerprint density at radius 1 is 1.04 bits per heavy atom. The van der Waals surface area contributed by atoms with Gasteiger partial charge in [0.25, 0.3) is 0 Å². The number of H-pyrrole nitrogens is 2. The molecule has 0 bridgehead atoms. The number of nitrogens with one attached hydrogen (secondary N) is 4. The highest BCUT2D eigenvalue weighted by atomic mass is 32.1. The summed E-state index contributed by atoms with van der Waals surface area (Å²) >= 11 is 1.65. The summed E-state index contributed by atoms with van der Waals surface area (Å²) < 4.78 is 11.9. The number of rotatable bonds is 5. The molecule has 10 nitrogen and oxygen atoms in total. The van der Waals surface area contributed by atoms with E-state index < -0.39 is 17.2 Å². The van der Waals surface area contributed by atoms with Crippen LogP contribution in [-0.2, 0) is 16.7 Å². The van der Waals surface area contributed by atoms with Crippen LogP contribution in [0.3, 0.4) is 0 Å². The zero-order chi connectivity index (χ0) is 32.2. The molecule has 11 heteroatoms. The van der Waals surface area contributed by atoms with Crippen LogP contribution in [0.4, 0.5) is 4.79 Å². The van der Waals surface area contributed by atoms with Crippen LogP contribution in [0, 0.1) is 0 Å². The number of hydrogen-bond donors (Lipinski definition) is 4. The van der Waals surface area contributed by atoms with E-state index in [9.17, 15) is 4.79 Å². The highest BCUT2D eigenvalue weighted by Gasteiger charge is 2.39. The minimum Gasteiger partial charge on any atom is -0.492 e. The largest absolute Gasteiger partial charge is 0.492 e. The van der Waals surface area contributed by atoms with Crippen molar-refractivity contribution in [3.05, 3.63) is 59.9 Å². The highest BCUT2D eigenvalue weighted by Crippen LogP contribution is 2.41. The van der Waals surface area contributed by atoms with E-state index >= 15 is 0 Å². The number of carbonyl (C=O) groups excluding carboxylic acids is 1. The van der Waals surface area contributed by atoms with Gasteiger partial charge in [-0.2, -0.15) is 0 Å². The van der Waals surface area contributed by atoms with Crippen molar-refractivity contribution in [2.45, 2.75) is 89.3 Å². The number of thiazole rings is 1. The molecule has 1 amide bonds. The van der Waals surface area contributed by atoms with E-state index in [-0.39, 0.29) is 0 Å². The minimum absolute atomic E-state index is 0.302. The first-order valence-electron chi connectivity index (χ1n) is 16.8. The van der Waals surface area contributed by atoms with Crippen LogP contribution in [0.15, 0.2) is 42.6 Å². The Labute approximate surface area is 278 Å². The van der Waals surface area contributed by atoms with Crippen LogP contribution in [0.25, 0.3) is 43.3 Å². The van der Waals surface area contributed by atoms with Crippen molar-refractivity contribution >= 4 is 28.5 Å². The van der Waals surface area contributed by atoms with Gasteiger partial charge in [0, 0.05) is 29.4 Å². The lowest BCUT2D eigenvalue weighted by atomic mass is 9.81. The summed E-state index contributed by atoms with van der Waals surface area (Å²) in [5.41, 5.74) is 5.91. The zero-order valence-corrected chi connectivity index (χ0v) is 28.0. The number of carbonyl (C=O) groups is 1. The van der Waals surface area contributed by atoms with E-state index in [0.29, 0.717) is 12.6 Å². The molecule has 1 saturated carbocycles. The maximum Gasteiger partial charge on any atom is 0.408 e. The van der Waals surface area contributed by atoms with Crippen LogP contribution >= 0.6 is 11.3 Å². The molecule has 1 aliphatic carbocycles. The highest BCUT2D eigenvalue weighted by molar-refractivity contribution is 7.18. The predicted molar refractivity (Wildman–Crippen MR) is 184 cm³/mol. The standard InChI is InChI=1S/C36H41N7O3S/c1-35(2,3)46-34(44)43-36(14-5-4-6-15-36)33-40-24-12-10-22(18-27(24)41-33)32-38-20-29(47-32)21-9-11-23-28(19-21)45-17-13-25-30(23)42-31(39-25)26-8-7-16-37-26/h9-12,18-20,26,37H,4-8,13-17H2,1-3H3,(H,39,42)(H,40,41)(H,43,44)/t26-/m0/s1. The van der Waals surface area contributed by atoms with Gasteiger partial charge in [-0.3, -0.25) is 0 Å². The Morgan fingerprint density at radius 2 is 1.89 bits per heavy atom. The van der Waals surface area contributed by atoms with Gasteiger partial charge in [-0.1, -0.05) is 25.3 Å². The lowest BCUT2D eigenvalue weighted by Gasteiger charge is -2.36. The van der Waals surface area contributed by atoms with Crippen molar-refractivity contribution < 1.29 is 14.3 Å². The van der Waals surface area contributed by atoms with Gasteiger partial charge in [0.05, 0.1) is 34.3 Å². The van der Waals surface area contributed by atoms with E-state index in [1.165, 1.54) is 6.42 Å². The Morgan fingerprint density at radius 3 is 2.70 bits per heavy atom. The van der Waals surface area contributed by atoms with Crippen molar-refractivity contribution in [2.24, 2.45) is 0 Å². The molecule has 47 heavy (non-hydrogen) atoms. The van der Waals surface area contributed by atoms with Crippen molar-refractivity contribution in [1.82, 2.24) is 35.6 Å². The third-order valence-corrected chi connectivity index (χ3v) is 10.5. The molecule has 244 valence electrons. The number of alkyl carbamates (subject to hydrolysis) is 1. The fraction of sp³-hybridized carbons (Fsp3) is 0.444. The van der Waals surface area contributed by atoms with Gasteiger partial charge in [0.1, 0.15) is 33.5 Å². The molecule has 2 aliphatic heterocycles. The SMILES string of the molecule is CC(C)(C)OC(=O)NC1(c2nc3ccc(-c4ncc(-c5ccc6c(c5)OCCc5[nH]c([C@@H]7CCCN7)nc5-6)s4)cc3[nH]2)CCCCC1. The topological polar surface area (TPSA) is 130 Å². The molecule has 4 N–H and O–H groups in total.